The fraction of sp³-hybridized carbons (Fsp3) is 0.467. The Labute approximate surface area is 140 Å². The molecular formula is C15H23BrN4O2. The Morgan fingerprint density at radius 3 is 2.36 bits per heavy atom. The smallest absolute Gasteiger partial charge is 0.326 e. The summed E-state index contributed by atoms with van der Waals surface area (Å²) in [7, 11) is 4.00. The summed E-state index contributed by atoms with van der Waals surface area (Å²) in [6.07, 6.45) is 0. The maximum Gasteiger partial charge on any atom is 0.326 e. The molecule has 6 nitrogen and oxygen atoms in total. The van der Waals surface area contributed by atoms with E-state index in [4.69, 9.17) is 10.1 Å². The monoisotopic (exact) mass is 370 g/mol. The molecule has 1 aromatic carbocycles. The Kier molecular flexibility index (Phi) is 6.83. The van der Waals surface area contributed by atoms with Gasteiger partial charge in [-0.3, -0.25) is 14.8 Å². The van der Waals surface area contributed by atoms with Crippen LogP contribution >= 0.6 is 17.0 Å². The maximum atomic E-state index is 11.7. The lowest BCUT2D eigenvalue weighted by molar-refractivity contribution is -0.143. The molecule has 1 aromatic heterocycles. The Morgan fingerprint density at radius 1 is 1.23 bits per heavy atom. The Hall–Kier alpha value is -1.60. The number of hydrogen-bond acceptors (Lipinski definition) is 4. The Balaban J connectivity index is 0.00000242. The molecule has 0 aliphatic rings. The van der Waals surface area contributed by atoms with Crippen LogP contribution < -0.4 is 5.62 Å². The van der Waals surface area contributed by atoms with Crippen molar-refractivity contribution in [2.24, 2.45) is 0 Å². The van der Waals surface area contributed by atoms with Gasteiger partial charge in [-0.25, -0.2) is 0 Å². The average Bonchev–Trinajstić information content (AvgIpc) is 2.70. The highest BCUT2D eigenvalue weighted by atomic mass is 79.9. The lowest BCUT2D eigenvalue weighted by atomic mass is 10.3. The summed E-state index contributed by atoms with van der Waals surface area (Å²) in [6, 6.07) is 7.77. The molecule has 0 unspecified atom stereocenters. The number of para-hydroxylation sites is 2. The van der Waals surface area contributed by atoms with E-state index in [2.05, 4.69) is 4.90 Å². The number of likely N-dealkylation sites (N-methyl/N-ethyl adjacent to an activating group) is 1. The minimum absolute atomic E-state index is 0. The third kappa shape index (κ3) is 3.98. The second-order valence-electron chi connectivity index (χ2n) is 5.16. The molecule has 0 saturated carbocycles. The molecule has 0 spiro atoms. The summed E-state index contributed by atoms with van der Waals surface area (Å²) in [5, 5.41) is 8.34. The first-order chi connectivity index (χ1) is 10.0. The highest BCUT2D eigenvalue weighted by Gasteiger charge is 2.13. The van der Waals surface area contributed by atoms with E-state index >= 15 is 0 Å². The zero-order valence-electron chi connectivity index (χ0n) is 13.2. The van der Waals surface area contributed by atoms with E-state index in [-0.39, 0.29) is 29.5 Å². The van der Waals surface area contributed by atoms with Crippen LogP contribution in [0, 0.1) is 5.41 Å². The standard InChI is InChI=1S/C15H22N4O2.BrH/c1-4-21-14(20)11-19-13-8-6-5-7-12(13)18(15(19)16)10-9-17(2)3;/h5-8,16H,4,9-11H2,1-3H3;1H. The van der Waals surface area contributed by atoms with Crippen molar-refractivity contribution in [2.75, 3.05) is 27.2 Å². The third-order valence-electron chi connectivity index (χ3n) is 3.34. The molecule has 0 atom stereocenters. The first kappa shape index (κ1) is 18.4. The van der Waals surface area contributed by atoms with Gasteiger partial charge in [0, 0.05) is 13.1 Å². The molecule has 22 heavy (non-hydrogen) atoms. The molecule has 0 radical (unpaired) electrons. The van der Waals surface area contributed by atoms with Gasteiger partial charge in [0.05, 0.1) is 17.6 Å². The summed E-state index contributed by atoms with van der Waals surface area (Å²) in [5.41, 5.74) is 2.18. The molecule has 0 amide bonds. The predicted octanol–water partition coefficient (Wildman–Crippen LogP) is 1.62. The molecule has 0 aliphatic heterocycles. The van der Waals surface area contributed by atoms with Gasteiger partial charge in [0.25, 0.3) is 0 Å². The third-order valence-corrected chi connectivity index (χ3v) is 3.34. The highest BCUT2D eigenvalue weighted by Crippen LogP contribution is 2.12. The topological polar surface area (TPSA) is 63.2 Å². The van der Waals surface area contributed by atoms with Crippen molar-refractivity contribution < 1.29 is 9.53 Å². The van der Waals surface area contributed by atoms with Crippen LogP contribution in [-0.4, -0.2) is 47.3 Å². The van der Waals surface area contributed by atoms with Gasteiger partial charge in [-0.15, -0.1) is 17.0 Å². The number of halogens is 1. The van der Waals surface area contributed by atoms with Crippen LogP contribution in [0.5, 0.6) is 0 Å². The SMILES string of the molecule is Br.CCOC(=O)Cn1c(=N)n(CCN(C)C)c2ccccc21. The fourth-order valence-corrected chi connectivity index (χ4v) is 2.32. The van der Waals surface area contributed by atoms with Gasteiger partial charge in [0.2, 0.25) is 5.62 Å². The van der Waals surface area contributed by atoms with E-state index in [1.54, 1.807) is 11.5 Å². The second-order valence-corrected chi connectivity index (χ2v) is 5.16. The number of carbonyl (C=O) groups is 1. The van der Waals surface area contributed by atoms with Gasteiger partial charge in [-0.05, 0) is 33.2 Å². The molecule has 122 valence electrons. The van der Waals surface area contributed by atoms with Crippen LogP contribution in [0.1, 0.15) is 6.92 Å². The Morgan fingerprint density at radius 2 is 1.82 bits per heavy atom. The van der Waals surface area contributed by atoms with Crippen LogP contribution in [-0.2, 0) is 22.6 Å². The lowest BCUT2D eigenvalue weighted by Crippen LogP contribution is -2.30. The van der Waals surface area contributed by atoms with Gasteiger partial charge < -0.3 is 14.2 Å². The van der Waals surface area contributed by atoms with Gasteiger partial charge in [-0.1, -0.05) is 12.1 Å². The summed E-state index contributed by atoms with van der Waals surface area (Å²) >= 11 is 0. The number of carbonyl (C=O) groups excluding carboxylic acids is 1. The summed E-state index contributed by atoms with van der Waals surface area (Å²) < 4.78 is 8.62. The minimum Gasteiger partial charge on any atom is -0.465 e. The van der Waals surface area contributed by atoms with Crippen molar-refractivity contribution in [2.45, 2.75) is 20.0 Å². The largest absolute Gasteiger partial charge is 0.465 e. The van der Waals surface area contributed by atoms with Crippen LogP contribution in [0.2, 0.25) is 0 Å². The summed E-state index contributed by atoms with van der Waals surface area (Å²) in [4.78, 5) is 13.8. The molecule has 0 bridgehead atoms. The van der Waals surface area contributed by atoms with Crippen molar-refractivity contribution in [1.29, 1.82) is 5.41 Å². The van der Waals surface area contributed by atoms with E-state index in [0.29, 0.717) is 18.8 Å². The van der Waals surface area contributed by atoms with E-state index < -0.39 is 0 Å². The maximum absolute atomic E-state index is 11.7. The summed E-state index contributed by atoms with van der Waals surface area (Å²) in [5.74, 6) is -0.313. The van der Waals surface area contributed by atoms with Gasteiger partial charge in [-0.2, -0.15) is 0 Å². The molecule has 0 fully saturated rings. The molecule has 7 heteroatoms. The molecule has 2 rings (SSSR count). The predicted molar refractivity (Wildman–Crippen MR) is 91.3 cm³/mol. The normalized spacial score (nSPS) is 10.7. The van der Waals surface area contributed by atoms with E-state index in [1.165, 1.54) is 0 Å². The number of esters is 1. The first-order valence-corrected chi connectivity index (χ1v) is 7.07. The number of aromatic nitrogens is 2. The molecular weight excluding hydrogens is 348 g/mol. The molecule has 2 aromatic rings. The summed E-state index contributed by atoms with van der Waals surface area (Å²) in [6.45, 7) is 3.75. The molecule has 0 saturated heterocycles. The number of benzene rings is 1. The average molecular weight is 371 g/mol. The molecule has 1 heterocycles. The zero-order chi connectivity index (χ0) is 15.4. The number of rotatable bonds is 6. The van der Waals surface area contributed by atoms with E-state index in [0.717, 1.165) is 17.6 Å². The van der Waals surface area contributed by atoms with Crippen LogP contribution in [0.25, 0.3) is 11.0 Å². The number of fused-ring (bicyclic) bond motifs is 1. The van der Waals surface area contributed by atoms with Crippen molar-refractivity contribution in [3.8, 4) is 0 Å². The first-order valence-electron chi connectivity index (χ1n) is 7.07. The quantitative estimate of drug-likeness (QED) is 0.785. The lowest BCUT2D eigenvalue weighted by Gasteiger charge is -2.10. The van der Waals surface area contributed by atoms with Crippen molar-refractivity contribution >= 4 is 34.0 Å². The second kappa shape index (κ2) is 8.14. The van der Waals surface area contributed by atoms with E-state index in [1.807, 2.05) is 42.9 Å². The zero-order valence-corrected chi connectivity index (χ0v) is 14.9. The Bertz CT molecular complexity index is 690. The molecule has 1 N–H and O–H groups in total. The van der Waals surface area contributed by atoms with Gasteiger partial charge in [0.1, 0.15) is 6.54 Å². The van der Waals surface area contributed by atoms with Crippen molar-refractivity contribution in [3.05, 3.63) is 29.9 Å². The number of nitrogens with zero attached hydrogens (tertiary/aromatic N) is 3. The van der Waals surface area contributed by atoms with Gasteiger partial charge >= 0.3 is 5.97 Å². The number of hydrogen-bond donors (Lipinski definition) is 1. The highest BCUT2D eigenvalue weighted by molar-refractivity contribution is 8.93. The van der Waals surface area contributed by atoms with Crippen LogP contribution in [0.3, 0.4) is 0 Å². The number of imidazole rings is 1. The molecule has 0 aliphatic carbocycles. The number of ether oxygens (including phenoxy) is 1. The van der Waals surface area contributed by atoms with E-state index in [9.17, 15) is 4.79 Å². The van der Waals surface area contributed by atoms with Crippen LogP contribution in [0.4, 0.5) is 0 Å². The fourth-order valence-electron chi connectivity index (χ4n) is 2.32. The van der Waals surface area contributed by atoms with Gasteiger partial charge in [0.15, 0.2) is 0 Å². The van der Waals surface area contributed by atoms with Crippen molar-refractivity contribution in [3.63, 3.8) is 0 Å². The van der Waals surface area contributed by atoms with Crippen molar-refractivity contribution in [1.82, 2.24) is 14.0 Å². The van der Waals surface area contributed by atoms with Crippen LogP contribution in [0.15, 0.2) is 24.3 Å². The minimum atomic E-state index is -0.313. The number of nitrogens with one attached hydrogen (secondary N) is 1.